The quantitative estimate of drug-likeness (QED) is 0.775. The van der Waals surface area contributed by atoms with Gasteiger partial charge in [-0.3, -0.25) is 14.2 Å². The van der Waals surface area contributed by atoms with Crippen molar-refractivity contribution >= 4 is 19.2 Å². The molecule has 0 radical (unpaired) electrons. The normalized spacial score (nSPS) is 23.9. The Balaban J connectivity index is 1.84. The molecule has 2 saturated heterocycles. The maximum Gasteiger partial charge on any atom is 0.223 e. The molecule has 1 N–H and O–H groups in total. The van der Waals surface area contributed by atoms with Crippen LogP contribution in [0, 0.1) is 0 Å². The topological polar surface area (TPSA) is 77.9 Å². The molecule has 0 aromatic heterocycles. The average molecular weight is 302 g/mol. The molecule has 0 aromatic rings. The molecule has 114 valence electrons. The van der Waals surface area contributed by atoms with Gasteiger partial charge in [0.25, 0.3) is 0 Å². The fourth-order valence-electron chi connectivity index (χ4n) is 2.74. The number of hydrogen-bond donors (Lipinski definition) is 1. The van der Waals surface area contributed by atoms with Gasteiger partial charge in [-0.15, -0.1) is 0 Å². The molecule has 0 aromatic carbocycles. The van der Waals surface area contributed by atoms with Gasteiger partial charge in [-0.1, -0.05) is 6.42 Å². The second-order valence-corrected chi connectivity index (χ2v) is 8.09. The number of amides is 2. The van der Waals surface area contributed by atoms with Crippen molar-refractivity contribution in [3.63, 3.8) is 0 Å². The highest BCUT2D eigenvalue weighted by molar-refractivity contribution is 7.57. The summed E-state index contributed by atoms with van der Waals surface area (Å²) in [5.41, 5.74) is 0. The molecule has 2 heterocycles. The fraction of sp³-hybridized carbons (Fsp3) is 0.846. The Morgan fingerprint density at radius 2 is 1.60 bits per heavy atom. The minimum Gasteiger partial charge on any atom is -0.343 e. The average Bonchev–Trinajstić information content (AvgIpc) is 2.69. The van der Waals surface area contributed by atoms with E-state index in [2.05, 4.69) is 0 Å². The van der Waals surface area contributed by atoms with Crippen molar-refractivity contribution < 1.29 is 19.0 Å². The van der Waals surface area contributed by atoms with Crippen molar-refractivity contribution in [2.24, 2.45) is 0 Å². The lowest BCUT2D eigenvalue weighted by Gasteiger charge is -2.25. The van der Waals surface area contributed by atoms with Gasteiger partial charge < -0.3 is 14.7 Å². The van der Waals surface area contributed by atoms with Gasteiger partial charge in [0.2, 0.25) is 19.2 Å². The predicted octanol–water partition coefficient (Wildman–Crippen LogP) is 1.24. The third kappa shape index (κ3) is 4.32. The Morgan fingerprint density at radius 1 is 0.950 bits per heavy atom. The number of hydrogen-bond acceptors (Lipinski definition) is 3. The molecular weight excluding hydrogens is 279 g/mol. The predicted molar refractivity (Wildman–Crippen MR) is 75.6 cm³/mol. The summed E-state index contributed by atoms with van der Waals surface area (Å²) in [5.74, 6) is 0.0462. The first-order valence-corrected chi connectivity index (χ1v) is 9.37. The summed E-state index contributed by atoms with van der Waals surface area (Å²) in [6, 6.07) is 0. The number of likely N-dealkylation sites (tertiary alicyclic amines) is 2. The van der Waals surface area contributed by atoms with Crippen molar-refractivity contribution in [2.45, 2.75) is 38.5 Å². The van der Waals surface area contributed by atoms with Crippen LogP contribution in [0.1, 0.15) is 38.5 Å². The molecule has 7 heteroatoms. The summed E-state index contributed by atoms with van der Waals surface area (Å²) in [6.45, 7) is 1.59. The maximum absolute atomic E-state index is 12.2. The molecule has 1 unspecified atom stereocenters. The van der Waals surface area contributed by atoms with Gasteiger partial charge in [-0.2, -0.15) is 0 Å². The first-order chi connectivity index (χ1) is 9.48. The highest BCUT2D eigenvalue weighted by atomic mass is 31.2. The lowest BCUT2D eigenvalue weighted by atomic mass is 10.2. The number of carbonyl (C=O) groups excluding carboxylic acids is 2. The van der Waals surface area contributed by atoms with Crippen LogP contribution in [0.15, 0.2) is 0 Å². The molecule has 0 spiro atoms. The van der Waals surface area contributed by atoms with Crippen molar-refractivity contribution in [1.29, 1.82) is 0 Å². The molecule has 0 aliphatic carbocycles. The lowest BCUT2D eigenvalue weighted by Crippen LogP contribution is -2.33. The van der Waals surface area contributed by atoms with Crippen molar-refractivity contribution in [1.82, 2.24) is 9.80 Å². The Labute approximate surface area is 119 Å². The lowest BCUT2D eigenvalue weighted by molar-refractivity contribution is -0.130. The van der Waals surface area contributed by atoms with Crippen LogP contribution in [0.3, 0.4) is 0 Å². The van der Waals surface area contributed by atoms with Gasteiger partial charge in [0.05, 0.1) is 6.29 Å². The van der Waals surface area contributed by atoms with E-state index in [1.54, 1.807) is 4.90 Å². The van der Waals surface area contributed by atoms with Gasteiger partial charge in [-0.25, -0.2) is 0 Å². The highest BCUT2D eigenvalue weighted by Crippen LogP contribution is 2.41. The molecule has 2 aliphatic heterocycles. The molecule has 20 heavy (non-hydrogen) atoms. The first kappa shape index (κ1) is 15.5. The van der Waals surface area contributed by atoms with Gasteiger partial charge in [-0.05, 0) is 19.3 Å². The van der Waals surface area contributed by atoms with E-state index in [0.717, 1.165) is 25.7 Å². The van der Waals surface area contributed by atoms with E-state index in [9.17, 15) is 19.0 Å². The second-order valence-electron chi connectivity index (χ2n) is 5.66. The fourth-order valence-corrected chi connectivity index (χ4v) is 4.27. The van der Waals surface area contributed by atoms with E-state index >= 15 is 0 Å². The third-order valence-electron chi connectivity index (χ3n) is 3.95. The molecule has 0 bridgehead atoms. The standard InChI is InChI=1S/C13H23N2O4P/c16-12-6-4-8-14(12)9-10-20(18,19)11-15-7-3-1-2-5-13(15)17/h1-11H2,(H,18,19). The smallest absolute Gasteiger partial charge is 0.223 e. The second kappa shape index (κ2) is 6.72. The van der Waals surface area contributed by atoms with Gasteiger partial charge in [0, 0.05) is 38.6 Å². The molecular formula is C13H23N2O4P. The molecule has 2 amide bonds. The highest BCUT2D eigenvalue weighted by Gasteiger charge is 2.28. The summed E-state index contributed by atoms with van der Waals surface area (Å²) >= 11 is 0. The van der Waals surface area contributed by atoms with Gasteiger partial charge >= 0.3 is 0 Å². The summed E-state index contributed by atoms with van der Waals surface area (Å²) in [7, 11) is -3.39. The molecule has 2 aliphatic rings. The zero-order chi connectivity index (χ0) is 14.6. The maximum atomic E-state index is 12.2. The molecule has 6 nitrogen and oxygen atoms in total. The third-order valence-corrected chi connectivity index (χ3v) is 5.64. The summed E-state index contributed by atoms with van der Waals surface area (Å²) in [5, 5.41) is 0. The van der Waals surface area contributed by atoms with E-state index in [0.29, 0.717) is 32.5 Å². The van der Waals surface area contributed by atoms with Crippen LogP contribution in [-0.4, -0.2) is 58.6 Å². The van der Waals surface area contributed by atoms with Crippen LogP contribution in [0.2, 0.25) is 0 Å². The largest absolute Gasteiger partial charge is 0.343 e. The Kier molecular flexibility index (Phi) is 5.22. The van der Waals surface area contributed by atoms with Crippen molar-refractivity contribution in [3.05, 3.63) is 0 Å². The molecule has 2 fully saturated rings. The summed E-state index contributed by atoms with van der Waals surface area (Å²) in [6.07, 6.45) is 4.64. The number of rotatable bonds is 5. The number of carbonyl (C=O) groups is 2. The van der Waals surface area contributed by atoms with Crippen LogP contribution in [0.5, 0.6) is 0 Å². The minimum absolute atomic E-state index is 0.0194. The van der Waals surface area contributed by atoms with Crippen LogP contribution in [0.25, 0.3) is 0 Å². The monoisotopic (exact) mass is 302 g/mol. The Hall–Kier alpha value is -0.870. The zero-order valence-corrected chi connectivity index (χ0v) is 12.7. The molecule has 1 atom stereocenters. The first-order valence-electron chi connectivity index (χ1n) is 7.34. The van der Waals surface area contributed by atoms with E-state index in [1.807, 2.05) is 0 Å². The van der Waals surface area contributed by atoms with E-state index in [1.165, 1.54) is 4.90 Å². The van der Waals surface area contributed by atoms with E-state index < -0.39 is 7.37 Å². The molecule has 0 saturated carbocycles. The summed E-state index contributed by atoms with van der Waals surface area (Å²) in [4.78, 5) is 36.5. The van der Waals surface area contributed by atoms with Crippen LogP contribution < -0.4 is 0 Å². The van der Waals surface area contributed by atoms with E-state index in [-0.39, 0.29) is 24.3 Å². The van der Waals surface area contributed by atoms with Gasteiger partial charge in [0.1, 0.15) is 0 Å². The number of nitrogens with zero attached hydrogens (tertiary/aromatic N) is 2. The van der Waals surface area contributed by atoms with Crippen molar-refractivity contribution in [2.75, 3.05) is 32.1 Å². The summed E-state index contributed by atoms with van der Waals surface area (Å²) < 4.78 is 12.2. The van der Waals surface area contributed by atoms with Gasteiger partial charge in [0.15, 0.2) is 0 Å². The van der Waals surface area contributed by atoms with Crippen LogP contribution in [0.4, 0.5) is 0 Å². The van der Waals surface area contributed by atoms with E-state index in [4.69, 9.17) is 0 Å². The minimum atomic E-state index is -3.39. The SMILES string of the molecule is O=C1CCCN1CCP(=O)(O)CN1CCCCCC1=O. The van der Waals surface area contributed by atoms with Crippen LogP contribution in [-0.2, 0) is 14.2 Å². The van der Waals surface area contributed by atoms with Crippen LogP contribution >= 0.6 is 7.37 Å². The Bertz CT molecular complexity index is 427. The Morgan fingerprint density at radius 3 is 2.30 bits per heavy atom. The molecule has 2 rings (SSSR count). The van der Waals surface area contributed by atoms with Crippen molar-refractivity contribution in [3.8, 4) is 0 Å². The zero-order valence-electron chi connectivity index (χ0n) is 11.8.